The number of nitrogens with one attached hydrogen (secondary N) is 2. The maximum Gasteiger partial charge on any atom is 0.417 e. The second-order valence-corrected chi connectivity index (χ2v) is 7.72. The van der Waals surface area contributed by atoms with Gasteiger partial charge < -0.3 is 8.82 Å². The van der Waals surface area contributed by atoms with E-state index in [1.165, 1.54) is 11.3 Å². The second kappa shape index (κ2) is 6.96. The Labute approximate surface area is 174 Å². The van der Waals surface area contributed by atoms with Crippen LogP contribution in [0.5, 0.6) is 0 Å². The monoisotopic (exact) mass is 419 g/mol. The highest BCUT2D eigenvalue weighted by Crippen LogP contribution is 2.27. The Hall–Kier alpha value is -3.72. The first kappa shape index (κ1) is 18.3. The molecule has 0 saturated carbocycles. The molecule has 1 aromatic carbocycles. The molecule has 1 amide bonds. The molecule has 5 aromatic rings. The summed E-state index contributed by atoms with van der Waals surface area (Å²) in [6.45, 7) is 4.06. The maximum atomic E-state index is 12.7. The Kier molecular flexibility index (Phi) is 4.25. The highest BCUT2D eigenvalue weighted by Gasteiger charge is 2.14. The molecule has 2 N–H and O–H groups in total. The van der Waals surface area contributed by atoms with Crippen LogP contribution < -0.4 is 11.1 Å². The summed E-state index contributed by atoms with van der Waals surface area (Å²) in [5, 5.41) is 5.18. The fraction of sp³-hybridized carbons (Fsp3) is 0.143. The first-order chi connectivity index (χ1) is 14.5. The lowest BCUT2D eigenvalue weighted by Gasteiger charge is -2.04. The van der Waals surface area contributed by atoms with Gasteiger partial charge in [0.15, 0.2) is 10.7 Å². The van der Waals surface area contributed by atoms with Gasteiger partial charge in [0.25, 0.3) is 5.91 Å². The first-order valence-corrected chi connectivity index (χ1v) is 10.3. The molecule has 5 rings (SSSR count). The van der Waals surface area contributed by atoms with E-state index < -0.39 is 5.76 Å². The predicted octanol–water partition coefficient (Wildman–Crippen LogP) is 4.02. The van der Waals surface area contributed by atoms with Crippen LogP contribution in [0.3, 0.4) is 0 Å². The topological polar surface area (TPSA) is 105 Å². The van der Waals surface area contributed by atoms with E-state index in [1.807, 2.05) is 28.8 Å². The van der Waals surface area contributed by atoms with E-state index in [1.54, 1.807) is 24.4 Å². The van der Waals surface area contributed by atoms with Crippen LogP contribution in [0.2, 0.25) is 0 Å². The van der Waals surface area contributed by atoms with Crippen molar-refractivity contribution in [3.05, 3.63) is 69.4 Å². The molecule has 0 radical (unpaired) electrons. The third kappa shape index (κ3) is 3.09. The molecule has 0 aliphatic rings. The highest BCUT2D eigenvalue weighted by molar-refractivity contribution is 7.14. The van der Waals surface area contributed by atoms with Gasteiger partial charge in [0, 0.05) is 22.8 Å². The third-order valence-electron chi connectivity index (χ3n) is 4.99. The molecule has 0 fully saturated rings. The molecule has 30 heavy (non-hydrogen) atoms. The number of oxazole rings is 1. The largest absolute Gasteiger partial charge is 0.417 e. The van der Waals surface area contributed by atoms with Crippen molar-refractivity contribution in [2.45, 2.75) is 20.3 Å². The Morgan fingerprint density at radius 3 is 2.97 bits per heavy atom. The van der Waals surface area contributed by atoms with Gasteiger partial charge in [-0.2, -0.15) is 0 Å². The summed E-state index contributed by atoms with van der Waals surface area (Å²) in [6, 6.07) is 8.95. The Morgan fingerprint density at radius 1 is 1.27 bits per heavy atom. The van der Waals surface area contributed by atoms with Crippen molar-refractivity contribution >= 4 is 39.1 Å². The summed E-state index contributed by atoms with van der Waals surface area (Å²) in [5.74, 6) is -0.736. The lowest BCUT2D eigenvalue weighted by molar-refractivity contribution is 0.102. The van der Waals surface area contributed by atoms with Gasteiger partial charge in [-0.3, -0.25) is 15.1 Å². The van der Waals surface area contributed by atoms with Crippen LogP contribution in [0.1, 0.15) is 28.7 Å². The number of amides is 1. The van der Waals surface area contributed by atoms with Crippen molar-refractivity contribution in [2.75, 3.05) is 5.32 Å². The minimum Gasteiger partial charge on any atom is -0.408 e. The van der Waals surface area contributed by atoms with E-state index >= 15 is 0 Å². The summed E-state index contributed by atoms with van der Waals surface area (Å²) < 4.78 is 7.03. The van der Waals surface area contributed by atoms with Gasteiger partial charge in [0.1, 0.15) is 5.65 Å². The van der Waals surface area contributed by atoms with Crippen LogP contribution in [0.15, 0.2) is 51.1 Å². The lowest BCUT2D eigenvalue weighted by atomic mass is 10.1. The zero-order valence-electron chi connectivity index (χ0n) is 16.2. The van der Waals surface area contributed by atoms with Gasteiger partial charge in [0.2, 0.25) is 0 Å². The van der Waals surface area contributed by atoms with Crippen LogP contribution in [-0.2, 0) is 6.42 Å². The van der Waals surface area contributed by atoms with Gasteiger partial charge in [-0.25, -0.2) is 14.8 Å². The zero-order valence-corrected chi connectivity index (χ0v) is 17.0. The Bertz CT molecular complexity index is 1470. The highest BCUT2D eigenvalue weighted by atomic mass is 32.1. The van der Waals surface area contributed by atoms with Crippen molar-refractivity contribution in [2.24, 2.45) is 0 Å². The number of H-pyrrole nitrogens is 1. The summed E-state index contributed by atoms with van der Waals surface area (Å²) >= 11 is 1.33. The van der Waals surface area contributed by atoms with Crippen LogP contribution in [0.25, 0.3) is 28.0 Å². The van der Waals surface area contributed by atoms with E-state index in [0.29, 0.717) is 27.5 Å². The molecular formula is C21H17N5O3S. The van der Waals surface area contributed by atoms with Crippen molar-refractivity contribution in [3.63, 3.8) is 0 Å². The molecule has 4 heterocycles. The summed E-state index contributed by atoms with van der Waals surface area (Å²) in [7, 11) is 0. The van der Waals surface area contributed by atoms with E-state index in [0.717, 1.165) is 29.0 Å². The van der Waals surface area contributed by atoms with E-state index in [-0.39, 0.29) is 5.91 Å². The summed E-state index contributed by atoms with van der Waals surface area (Å²) in [6.07, 6.45) is 2.64. The second-order valence-electron chi connectivity index (χ2n) is 6.86. The first-order valence-electron chi connectivity index (χ1n) is 9.39. The van der Waals surface area contributed by atoms with E-state index in [2.05, 4.69) is 27.2 Å². The molecule has 0 atom stereocenters. The minimum atomic E-state index is -0.496. The molecule has 8 nitrogen and oxygen atoms in total. The smallest absolute Gasteiger partial charge is 0.408 e. The molecule has 0 spiro atoms. The standard InChI is InChI=1S/C21H17N5O3S/c1-3-14-11(2)26-9-13(5-7-18(26)22-14)19(27)25-20-23-16(10-30-20)12-4-6-15-17(8-12)29-21(28)24-15/h4-10H,3H2,1-2H3,(H,24,28)(H,23,25,27). The summed E-state index contributed by atoms with van der Waals surface area (Å²) in [4.78, 5) is 35.7. The van der Waals surface area contributed by atoms with Crippen LogP contribution in [-0.4, -0.2) is 25.3 Å². The number of thiazole rings is 1. The fourth-order valence-corrected chi connectivity index (χ4v) is 4.13. The number of anilines is 1. The molecule has 4 aromatic heterocycles. The summed E-state index contributed by atoms with van der Waals surface area (Å²) in [5.41, 5.74) is 5.98. The van der Waals surface area contributed by atoms with Gasteiger partial charge in [-0.15, -0.1) is 11.3 Å². The molecule has 0 aliphatic carbocycles. The van der Waals surface area contributed by atoms with Crippen molar-refractivity contribution in [3.8, 4) is 11.3 Å². The number of imidazole rings is 1. The van der Waals surface area contributed by atoms with Crippen LogP contribution in [0, 0.1) is 6.92 Å². The van der Waals surface area contributed by atoms with Crippen LogP contribution >= 0.6 is 11.3 Å². The molecule has 150 valence electrons. The number of nitrogens with zero attached hydrogens (tertiary/aromatic N) is 3. The van der Waals surface area contributed by atoms with Gasteiger partial charge in [-0.1, -0.05) is 13.0 Å². The fourth-order valence-electron chi connectivity index (χ4n) is 3.42. The molecule has 0 unspecified atom stereocenters. The number of hydrogen-bond donors (Lipinski definition) is 2. The molecule has 9 heteroatoms. The normalized spacial score (nSPS) is 11.4. The Balaban J connectivity index is 1.40. The maximum absolute atomic E-state index is 12.7. The van der Waals surface area contributed by atoms with Gasteiger partial charge in [0.05, 0.1) is 22.5 Å². The van der Waals surface area contributed by atoms with Gasteiger partial charge in [-0.05, 0) is 37.6 Å². The minimum absolute atomic E-state index is 0.240. The number of carbonyl (C=O) groups excluding carboxylic acids is 1. The number of aryl methyl sites for hydroxylation is 2. The average molecular weight is 419 g/mol. The van der Waals surface area contributed by atoms with Crippen molar-refractivity contribution in [1.82, 2.24) is 19.4 Å². The predicted molar refractivity (Wildman–Crippen MR) is 115 cm³/mol. The molecule has 0 bridgehead atoms. The number of rotatable bonds is 4. The number of benzene rings is 1. The van der Waals surface area contributed by atoms with E-state index in [9.17, 15) is 9.59 Å². The number of pyridine rings is 1. The molecule has 0 aliphatic heterocycles. The number of carbonyl (C=O) groups is 1. The zero-order chi connectivity index (χ0) is 20.8. The number of aromatic nitrogens is 4. The van der Waals surface area contributed by atoms with E-state index in [4.69, 9.17) is 4.42 Å². The van der Waals surface area contributed by atoms with Gasteiger partial charge >= 0.3 is 5.76 Å². The number of fused-ring (bicyclic) bond motifs is 2. The average Bonchev–Trinajstić information content (AvgIpc) is 3.43. The number of hydrogen-bond acceptors (Lipinski definition) is 6. The molecule has 0 saturated heterocycles. The lowest BCUT2D eigenvalue weighted by Crippen LogP contribution is -2.12. The van der Waals surface area contributed by atoms with Crippen molar-refractivity contribution in [1.29, 1.82) is 0 Å². The third-order valence-corrected chi connectivity index (χ3v) is 5.75. The quantitative estimate of drug-likeness (QED) is 0.458. The Morgan fingerprint density at radius 2 is 2.13 bits per heavy atom. The SMILES string of the molecule is CCc1nc2ccc(C(=O)Nc3nc(-c4ccc5[nH]c(=O)oc5c4)cs3)cn2c1C. The molecular weight excluding hydrogens is 402 g/mol. The number of aromatic amines is 1. The van der Waals surface area contributed by atoms with Crippen molar-refractivity contribution < 1.29 is 9.21 Å². The van der Waals surface area contributed by atoms with Crippen LogP contribution in [0.4, 0.5) is 5.13 Å².